The lowest BCUT2D eigenvalue weighted by atomic mass is 9.85. The lowest BCUT2D eigenvalue weighted by Crippen LogP contribution is -2.09. The van der Waals surface area contributed by atoms with Crippen LogP contribution in [0.15, 0.2) is 0 Å². The van der Waals surface area contributed by atoms with E-state index >= 15 is 0 Å². The number of aromatic nitrogens is 3. The number of aliphatic hydroxyl groups is 1. The molecule has 4 nitrogen and oxygen atoms in total. The maximum absolute atomic E-state index is 9.15. The standard InChI is InChI=1S/C12H21N3O/c1-15-12(11(9-16)13-14-15)8-7-10-5-3-2-4-6-10/h10,16H,2-9H2,1H3. The van der Waals surface area contributed by atoms with Crippen LogP contribution in [0.4, 0.5) is 0 Å². The zero-order valence-electron chi connectivity index (χ0n) is 10.0. The van der Waals surface area contributed by atoms with Crippen LogP contribution in [0.25, 0.3) is 0 Å². The van der Waals surface area contributed by atoms with E-state index in [1.807, 2.05) is 7.05 Å². The molecule has 1 aliphatic carbocycles. The van der Waals surface area contributed by atoms with Gasteiger partial charge in [-0.1, -0.05) is 37.3 Å². The van der Waals surface area contributed by atoms with Gasteiger partial charge in [0, 0.05) is 7.05 Å². The molecule has 2 rings (SSSR count). The van der Waals surface area contributed by atoms with E-state index in [0.29, 0.717) is 0 Å². The zero-order chi connectivity index (χ0) is 11.4. The molecule has 1 aromatic heterocycles. The number of hydrogen-bond donors (Lipinski definition) is 1. The van der Waals surface area contributed by atoms with E-state index in [4.69, 9.17) is 5.11 Å². The Morgan fingerprint density at radius 2 is 2.06 bits per heavy atom. The molecule has 0 aliphatic heterocycles. The molecule has 1 aromatic rings. The van der Waals surface area contributed by atoms with Crippen molar-refractivity contribution in [2.75, 3.05) is 0 Å². The Hall–Kier alpha value is -0.900. The van der Waals surface area contributed by atoms with E-state index < -0.39 is 0 Å². The Balaban J connectivity index is 1.90. The van der Waals surface area contributed by atoms with Crippen LogP contribution in [0.3, 0.4) is 0 Å². The smallest absolute Gasteiger partial charge is 0.111 e. The van der Waals surface area contributed by atoms with Gasteiger partial charge in [-0.15, -0.1) is 5.10 Å². The van der Waals surface area contributed by atoms with Crippen LogP contribution in [0.2, 0.25) is 0 Å². The van der Waals surface area contributed by atoms with Gasteiger partial charge < -0.3 is 5.11 Å². The Labute approximate surface area is 96.7 Å². The number of rotatable bonds is 4. The van der Waals surface area contributed by atoms with Crippen molar-refractivity contribution in [3.8, 4) is 0 Å². The van der Waals surface area contributed by atoms with Crippen LogP contribution in [0.5, 0.6) is 0 Å². The summed E-state index contributed by atoms with van der Waals surface area (Å²) in [5.74, 6) is 0.871. The van der Waals surface area contributed by atoms with Gasteiger partial charge in [-0.25, -0.2) is 0 Å². The summed E-state index contributed by atoms with van der Waals surface area (Å²) in [6.07, 6.45) is 9.16. The second kappa shape index (κ2) is 5.43. The topological polar surface area (TPSA) is 50.9 Å². The Morgan fingerprint density at radius 3 is 2.75 bits per heavy atom. The molecule has 90 valence electrons. The van der Waals surface area contributed by atoms with Crippen molar-refractivity contribution in [1.29, 1.82) is 0 Å². The molecule has 1 saturated carbocycles. The summed E-state index contributed by atoms with van der Waals surface area (Å²) in [6, 6.07) is 0. The van der Waals surface area contributed by atoms with E-state index in [1.54, 1.807) is 4.68 Å². The molecule has 1 heterocycles. The largest absolute Gasteiger partial charge is 0.390 e. The molecule has 0 spiro atoms. The van der Waals surface area contributed by atoms with Gasteiger partial charge in [-0.05, 0) is 18.8 Å². The molecule has 0 radical (unpaired) electrons. The summed E-state index contributed by atoms with van der Waals surface area (Å²) in [7, 11) is 1.91. The first-order chi connectivity index (χ1) is 7.81. The molecule has 16 heavy (non-hydrogen) atoms. The average molecular weight is 223 g/mol. The van der Waals surface area contributed by atoms with Crippen molar-refractivity contribution in [3.63, 3.8) is 0 Å². The van der Waals surface area contributed by atoms with Crippen LogP contribution in [-0.2, 0) is 20.1 Å². The summed E-state index contributed by atoms with van der Waals surface area (Å²) < 4.78 is 1.80. The molecule has 1 N–H and O–H groups in total. The van der Waals surface area contributed by atoms with E-state index in [2.05, 4.69) is 10.3 Å². The highest BCUT2D eigenvalue weighted by Crippen LogP contribution is 2.27. The van der Waals surface area contributed by atoms with Crippen LogP contribution in [0, 0.1) is 5.92 Å². The lowest BCUT2D eigenvalue weighted by Gasteiger charge is -2.21. The predicted molar refractivity (Wildman–Crippen MR) is 61.8 cm³/mol. The van der Waals surface area contributed by atoms with Crippen LogP contribution in [-0.4, -0.2) is 20.1 Å². The van der Waals surface area contributed by atoms with Crippen molar-refractivity contribution in [3.05, 3.63) is 11.4 Å². The first-order valence-electron chi connectivity index (χ1n) is 6.29. The van der Waals surface area contributed by atoms with E-state index in [-0.39, 0.29) is 6.61 Å². The van der Waals surface area contributed by atoms with Gasteiger partial charge in [0.05, 0.1) is 12.3 Å². The monoisotopic (exact) mass is 223 g/mol. The Bertz CT molecular complexity index is 329. The first kappa shape index (κ1) is 11.6. The third kappa shape index (κ3) is 2.61. The van der Waals surface area contributed by atoms with Crippen molar-refractivity contribution in [2.45, 2.75) is 51.6 Å². The lowest BCUT2D eigenvalue weighted by molar-refractivity contribution is 0.274. The van der Waals surface area contributed by atoms with E-state index in [0.717, 1.165) is 23.7 Å². The molecule has 4 heteroatoms. The van der Waals surface area contributed by atoms with Gasteiger partial charge in [0.25, 0.3) is 0 Å². The fraction of sp³-hybridized carbons (Fsp3) is 0.833. The summed E-state index contributed by atoms with van der Waals surface area (Å²) in [5, 5.41) is 17.1. The molecule has 0 saturated heterocycles. The number of aliphatic hydroxyl groups excluding tert-OH is 1. The van der Waals surface area contributed by atoms with E-state index in [1.165, 1.54) is 38.5 Å². The summed E-state index contributed by atoms with van der Waals surface area (Å²) >= 11 is 0. The Kier molecular flexibility index (Phi) is 3.93. The van der Waals surface area contributed by atoms with E-state index in [9.17, 15) is 0 Å². The number of nitrogens with zero attached hydrogens (tertiary/aromatic N) is 3. The molecular formula is C12H21N3O. The van der Waals surface area contributed by atoms with Crippen molar-refractivity contribution in [2.24, 2.45) is 13.0 Å². The maximum atomic E-state index is 9.15. The molecule has 1 fully saturated rings. The minimum Gasteiger partial charge on any atom is -0.390 e. The molecule has 0 aromatic carbocycles. The quantitative estimate of drug-likeness (QED) is 0.847. The molecule has 1 aliphatic rings. The Morgan fingerprint density at radius 1 is 1.31 bits per heavy atom. The molecule has 0 amide bonds. The molecule has 0 bridgehead atoms. The first-order valence-corrected chi connectivity index (χ1v) is 6.29. The molecule has 0 atom stereocenters. The average Bonchev–Trinajstić information content (AvgIpc) is 2.69. The van der Waals surface area contributed by atoms with Crippen LogP contribution in [0.1, 0.15) is 49.9 Å². The minimum atomic E-state index is 0.00778. The second-order valence-corrected chi connectivity index (χ2v) is 4.81. The molecule has 0 unspecified atom stereocenters. The van der Waals surface area contributed by atoms with Gasteiger partial charge in [0.2, 0.25) is 0 Å². The highest BCUT2D eigenvalue weighted by Gasteiger charge is 2.16. The van der Waals surface area contributed by atoms with Crippen molar-refractivity contribution < 1.29 is 5.11 Å². The summed E-state index contributed by atoms with van der Waals surface area (Å²) in [6.45, 7) is 0.00778. The van der Waals surface area contributed by atoms with Crippen LogP contribution >= 0.6 is 0 Å². The van der Waals surface area contributed by atoms with Gasteiger partial charge >= 0.3 is 0 Å². The third-order valence-electron chi connectivity index (χ3n) is 3.69. The maximum Gasteiger partial charge on any atom is 0.111 e. The zero-order valence-corrected chi connectivity index (χ0v) is 10.0. The van der Waals surface area contributed by atoms with Gasteiger partial charge in [0.15, 0.2) is 0 Å². The summed E-state index contributed by atoms with van der Waals surface area (Å²) in [5.41, 5.74) is 1.85. The highest BCUT2D eigenvalue weighted by molar-refractivity contribution is 5.08. The fourth-order valence-corrected chi connectivity index (χ4v) is 2.67. The second-order valence-electron chi connectivity index (χ2n) is 4.81. The summed E-state index contributed by atoms with van der Waals surface area (Å²) in [4.78, 5) is 0. The SMILES string of the molecule is Cn1nnc(CO)c1CCC1CCCCC1. The third-order valence-corrected chi connectivity index (χ3v) is 3.69. The van der Waals surface area contributed by atoms with Gasteiger partial charge in [-0.2, -0.15) is 0 Å². The normalized spacial score (nSPS) is 17.9. The minimum absolute atomic E-state index is 0.00778. The van der Waals surface area contributed by atoms with Gasteiger partial charge in [0.1, 0.15) is 5.69 Å². The fourth-order valence-electron chi connectivity index (χ4n) is 2.67. The number of hydrogen-bond acceptors (Lipinski definition) is 3. The van der Waals surface area contributed by atoms with Crippen molar-refractivity contribution in [1.82, 2.24) is 15.0 Å². The highest BCUT2D eigenvalue weighted by atomic mass is 16.3. The van der Waals surface area contributed by atoms with Gasteiger partial charge in [-0.3, -0.25) is 4.68 Å². The molecular weight excluding hydrogens is 202 g/mol. The van der Waals surface area contributed by atoms with Crippen molar-refractivity contribution >= 4 is 0 Å². The number of aryl methyl sites for hydroxylation is 1. The van der Waals surface area contributed by atoms with Crippen LogP contribution < -0.4 is 0 Å². The predicted octanol–water partition coefficient (Wildman–Crippen LogP) is 1.82.